The molecule has 1 aromatic heterocycles. The number of nitrogens with one attached hydrogen (secondary N) is 1. The molecular formula is C27H30F2N5O3S+. The Hall–Kier alpha value is -3.73. The van der Waals surface area contributed by atoms with Crippen molar-refractivity contribution in [3.63, 3.8) is 0 Å². The summed E-state index contributed by atoms with van der Waals surface area (Å²) >= 11 is 1.18. The largest absolute Gasteiger partial charge is 0.444 e. The Morgan fingerprint density at radius 1 is 1.16 bits per heavy atom. The van der Waals surface area contributed by atoms with Crippen LogP contribution >= 0.6 is 11.8 Å². The highest BCUT2D eigenvalue weighted by molar-refractivity contribution is 8.15. The number of carbonyl (C=O) groups is 2. The summed E-state index contributed by atoms with van der Waals surface area (Å²) in [5.74, 6) is -1.26. The Labute approximate surface area is 224 Å². The number of halogens is 2. The van der Waals surface area contributed by atoms with Gasteiger partial charge in [0.05, 0.1) is 7.05 Å². The van der Waals surface area contributed by atoms with Gasteiger partial charge in [-0.2, -0.15) is 14.7 Å². The van der Waals surface area contributed by atoms with Gasteiger partial charge in [-0.15, -0.1) is 0 Å². The quantitative estimate of drug-likeness (QED) is 0.346. The summed E-state index contributed by atoms with van der Waals surface area (Å²) in [4.78, 5) is 24.8. The van der Waals surface area contributed by atoms with Crippen LogP contribution in [0.4, 0.5) is 18.4 Å². The van der Waals surface area contributed by atoms with E-state index in [9.17, 15) is 18.4 Å². The number of imidazole rings is 1. The van der Waals surface area contributed by atoms with Gasteiger partial charge in [0.2, 0.25) is 0 Å². The number of aryl methyl sites for hydroxylation is 1. The van der Waals surface area contributed by atoms with Crippen LogP contribution in [0.3, 0.4) is 0 Å². The van der Waals surface area contributed by atoms with Crippen LogP contribution in [-0.2, 0) is 16.7 Å². The number of hydrogen-bond acceptors (Lipinski definition) is 5. The number of thioether (sulfide) groups is 1. The topological polar surface area (TPSA) is 79.8 Å². The lowest BCUT2D eigenvalue weighted by Gasteiger charge is -2.34. The number of nitrogens with zero attached hydrogens (tertiary/aromatic N) is 4. The molecule has 0 fully saturated rings. The molecule has 0 saturated carbocycles. The minimum atomic E-state index is -1.09. The average Bonchev–Trinajstić information content (AvgIpc) is 3.47. The Kier molecular flexibility index (Phi) is 7.86. The molecule has 0 aliphatic carbocycles. The Bertz CT molecular complexity index is 1360. The molecule has 2 amide bonds. The highest BCUT2D eigenvalue weighted by Crippen LogP contribution is 2.50. The van der Waals surface area contributed by atoms with Gasteiger partial charge in [-0.25, -0.2) is 22.9 Å². The first-order valence-electron chi connectivity index (χ1n) is 12.1. The summed E-state index contributed by atoms with van der Waals surface area (Å²) in [7, 11) is 1.78. The van der Waals surface area contributed by atoms with Crippen molar-refractivity contribution in [2.24, 2.45) is 12.1 Å². The first kappa shape index (κ1) is 27.3. The van der Waals surface area contributed by atoms with Crippen molar-refractivity contribution in [3.05, 3.63) is 90.0 Å². The van der Waals surface area contributed by atoms with Crippen molar-refractivity contribution in [3.8, 4) is 0 Å². The van der Waals surface area contributed by atoms with E-state index in [1.54, 1.807) is 51.1 Å². The number of hydrogen-bond donors (Lipinski definition) is 1. The molecule has 38 heavy (non-hydrogen) atoms. The molecule has 0 spiro atoms. The highest BCUT2D eigenvalue weighted by Gasteiger charge is 2.50. The summed E-state index contributed by atoms with van der Waals surface area (Å²) in [6.45, 7) is 5.61. The molecule has 3 aromatic rings. The molecule has 1 aliphatic heterocycles. The van der Waals surface area contributed by atoms with E-state index in [-0.39, 0.29) is 17.2 Å². The minimum absolute atomic E-state index is 0.0319. The van der Waals surface area contributed by atoms with Gasteiger partial charge in [0.25, 0.3) is 6.33 Å². The van der Waals surface area contributed by atoms with Gasteiger partial charge in [0.15, 0.2) is 0 Å². The smallest absolute Gasteiger partial charge is 0.437 e. The minimum Gasteiger partial charge on any atom is -0.444 e. The van der Waals surface area contributed by atoms with Crippen molar-refractivity contribution >= 4 is 28.9 Å². The van der Waals surface area contributed by atoms with Crippen LogP contribution in [0.25, 0.3) is 0 Å². The first-order valence-corrected chi connectivity index (χ1v) is 12.9. The molecule has 200 valence electrons. The summed E-state index contributed by atoms with van der Waals surface area (Å²) in [6.07, 6.45) is 5.16. The maximum atomic E-state index is 14.8. The Morgan fingerprint density at radius 3 is 2.55 bits per heavy atom. The van der Waals surface area contributed by atoms with Crippen LogP contribution in [-0.4, -0.2) is 38.9 Å². The van der Waals surface area contributed by atoms with E-state index < -0.39 is 34.2 Å². The molecular weight excluding hydrogens is 512 g/mol. The summed E-state index contributed by atoms with van der Waals surface area (Å²) in [6, 6.07) is 12.0. The predicted molar refractivity (Wildman–Crippen MR) is 140 cm³/mol. The van der Waals surface area contributed by atoms with Crippen molar-refractivity contribution < 1.29 is 27.7 Å². The van der Waals surface area contributed by atoms with E-state index in [1.165, 1.54) is 21.3 Å². The number of aromatic nitrogens is 2. The van der Waals surface area contributed by atoms with Gasteiger partial charge in [-0.3, -0.25) is 0 Å². The molecule has 11 heteroatoms. The molecule has 1 aliphatic rings. The zero-order valence-corrected chi connectivity index (χ0v) is 22.5. The van der Waals surface area contributed by atoms with Crippen LogP contribution in [0.2, 0.25) is 0 Å². The van der Waals surface area contributed by atoms with E-state index in [0.29, 0.717) is 12.8 Å². The van der Waals surface area contributed by atoms with Crippen molar-refractivity contribution in [1.82, 2.24) is 14.9 Å². The fourth-order valence-corrected chi connectivity index (χ4v) is 5.46. The molecule has 1 N–H and O–H groups in total. The summed E-state index contributed by atoms with van der Waals surface area (Å²) in [5, 5.41) is 8.79. The second-order valence-corrected chi connectivity index (χ2v) is 11.2. The van der Waals surface area contributed by atoms with Crippen molar-refractivity contribution in [1.29, 1.82) is 0 Å². The maximum absolute atomic E-state index is 14.8. The monoisotopic (exact) mass is 542 g/mol. The number of rotatable bonds is 6. The van der Waals surface area contributed by atoms with Crippen molar-refractivity contribution in [2.45, 2.75) is 44.1 Å². The number of hydrazone groups is 1. The predicted octanol–water partition coefficient (Wildman–Crippen LogP) is 5.13. The van der Waals surface area contributed by atoms with Gasteiger partial charge in [0, 0.05) is 12.1 Å². The first-order chi connectivity index (χ1) is 18.0. The summed E-state index contributed by atoms with van der Waals surface area (Å²) in [5.41, 5.74) is 0.0862. The number of alkyl carbamates (subject to hydrolysis) is 1. The van der Waals surface area contributed by atoms with E-state index >= 15 is 0 Å². The van der Waals surface area contributed by atoms with E-state index in [1.807, 2.05) is 30.3 Å². The molecule has 2 aromatic carbocycles. The molecule has 0 saturated heterocycles. The number of benzene rings is 2. The zero-order chi connectivity index (χ0) is 27.5. The maximum Gasteiger partial charge on any atom is 0.437 e. The number of carbonyl (C=O) groups excluding carboxylic acids is 2. The fraction of sp³-hybridized carbons (Fsp3) is 0.333. The molecule has 4 rings (SSSR count). The lowest BCUT2D eigenvalue weighted by Crippen LogP contribution is -2.44. The lowest BCUT2D eigenvalue weighted by molar-refractivity contribution is -0.670. The highest BCUT2D eigenvalue weighted by atomic mass is 32.2. The normalized spacial score (nSPS) is 17.3. The van der Waals surface area contributed by atoms with Gasteiger partial charge in [-0.1, -0.05) is 42.1 Å². The molecule has 8 nitrogen and oxygen atoms in total. The zero-order valence-electron chi connectivity index (χ0n) is 21.6. The van der Waals surface area contributed by atoms with Crippen LogP contribution in [0.15, 0.2) is 72.4 Å². The van der Waals surface area contributed by atoms with Crippen LogP contribution < -0.4 is 9.88 Å². The Balaban J connectivity index is 1.71. The number of amides is 2. The molecule has 1 atom stereocenters. The molecule has 0 radical (unpaired) electrons. The van der Waals surface area contributed by atoms with Crippen LogP contribution in [0.1, 0.15) is 44.7 Å². The van der Waals surface area contributed by atoms with Gasteiger partial charge in [0.1, 0.15) is 39.5 Å². The lowest BCUT2D eigenvalue weighted by atomic mass is 10.0. The number of ether oxygens (including phenoxy) is 1. The van der Waals surface area contributed by atoms with Gasteiger partial charge in [-0.05, 0) is 57.4 Å². The third-order valence-corrected chi connectivity index (χ3v) is 7.16. The third-order valence-electron chi connectivity index (χ3n) is 5.71. The fourth-order valence-electron chi connectivity index (χ4n) is 4.05. The van der Waals surface area contributed by atoms with E-state index in [4.69, 9.17) is 4.74 Å². The second-order valence-electron chi connectivity index (χ2n) is 9.89. The standard InChI is InChI=1S/C27H29F2N5O3S/c1-26(2,3)37-24(35)30-14-8-13-27(19-9-6-5-7-10-19)34(25(36)33-16-15-32(4)18-33)31-23(38-27)21-17-20(28)11-12-22(21)29/h5-7,9-12,15-18H,8,13-14H2,1-4H3/p+1. The average molecular weight is 543 g/mol. The summed E-state index contributed by atoms with van der Waals surface area (Å²) < 4.78 is 37.3. The molecule has 2 heterocycles. The van der Waals surface area contributed by atoms with Crippen LogP contribution in [0, 0.1) is 11.6 Å². The van der Waals surface area contributed by atoms with E-state index in [2.05, 4.69) is 10.4 Å². The van der Waals surface area contributed by atoms with Gasteiger partial charge >= 0.3 is 12.1 Å². The SMILES string of the molecule is C[n+]1ccn(C(=O)N2N=C(c3cc(F)ccc3F)SC2(CCCNC(=O)OC(C)(C)C)c2ccccc2)c1. The second kappa shape index (κ2) is 10.9. The van der Waals surface area contributed by atoms with Crippen LogP contribution in [0.5, 0.6) is 0 Å². The molecule has 0 bridgehead atoms. The van der Waals surface area contributed by atoms with E-state index in [0.717, 1.165) is 23.8 Å². The van der Waals surface area contributed by atoms with Crippen molar-refractivity contribution in [2.75, 3.05) is 6.54 Å². The molecule has 1 unspecified atom stereocenters. The van der Waals surface area contributed by atoms with Gasteiger partial charge < -0.3 is 10.1 Å². The Morgan fingerprint density at radius 2 is 1.89 bits per heavy atom. The third kappa shape index (κ3) is 6.04.